The largest absolute Gasteiger partial charge is 0.378 e. The smallest absolute Gasteiger partial charge is 0.187 e. The van der Waals surface area contributed by atoms with Gasteiger partial charge in [0, 0.05) is 25.3 Å². The number of rotatable bonds is 5. The molecule has 22 heavy (non-hydrogen) atoms. The zero-order chi connectivity index (χ0) is 15.8. The van der Waals surface area contributed by atoms with E-state index in [4.69, 9.17) is 17.0 Å². The number of thiocarbonyl (C=S) groups is 1. The number of nitrogens with one attached hydrogen (secondary N) is 2. The molecule has 0 atom stereocenters. The van der Waals surface area contributed by atoms with Crippen LogP contribution < -0.4 is 15.6 Å². The molecule has 1 heterocycles. The Kier molecular flexibility index (Phi) is 6.36. The van der Waals surface area contributed by atoms with Crippen molar-refractivity contribution in [3.8, 4) is 0 Å². The molecule has 5 nitrogen and oxygen atoms in total. The minimum Gasteiger partial charge on any atom is -0.378 e. The molecule has 1 aromatic carbocycles. The summed E-state index contributed by atoms with van der Waals surface area (Å²) in [6, 6.07) is 8.39. The molecule has 1 saturated heterocycles. The van der Waals surface area contributed by atoms with Crippen molar-refractivity contribution in [3.63, 3.8) is 0 Å². The van der Waals surface area contributed by atoms with E-state index in [2.05, 4.69) is 51.6 Å². The molecule has 2 N–H and O–H groups in total. The number of benzene rings is 1. The van der Waals surface area contributed by atoms with Crippen LogP contribution in [-0.2, 0) is 4.74 Å². The van der Waals surface area contributed by atoms with Crippen molar-refractivity contribution < 1.29 is 4.74 Å². The normalized spacial score (nSPS) is 15.3. The molecular formula is C16H22N4OS. The van der Waals surface area contributed by atoms with Crippen molar-refractivity contribution >= 4 is 28.7 Å². The van der Waals surface area contributed by atoms with E-state index in [-0.39, 0.29) is 0 Å². The first-order valence-electron chi connectivity index (χ1n) is 7.33. The molecule has 1 fully saturated rings. The Morgan fingerprint density at radius 2 is 2.05 bits per heavy atom. The van der Waals surface area contributed by atoms with Crippen LogP contribution in [0.2, 0.25) is 0 Å². The van der Waals surface area contributed by atoms with Gasteiger partial charge in [0.15, 0.2) is 5.11 Å². The first-order chi connectivity index (χ1) is 10.7. The highest BCUT2D eigenvalue weighted by molar-refractivity contribution is 7.80. The molecule has 0 bridgehead atoms. The molecule has 0 amide bonds. The van der Waals surface area contributed by atoms with Gasteiger partial charge < -0.3 is 15.0 Å². The van der Waals surface area contributed by atoms with Gasteiger partial charge >= 0.3 is 0 Å². The van der Waals surface area contributed by atoms with Crippen LogP contribution in [0.15, 0.2) is 42.0 Å². The Hall–Kier alpha value is -1.92. The highest BCUT2D eigenvalue weighted by Crippen LogP contribution is 2.16. The lowest BCUT2D eigenvalue weighted by Crippen LogP contribution is -2.36. The number of ether oxygens (including phenoxy) is 1. The molecule has 0 unspecified atom stereocenters. The third kappa shape index (κ3) is 4.82. The van der Waals surface area contributed by atoms with Crippen molar-refractivity contribution in [2.24, 2.45) is 5.10 Å². The standard InChI is InChI=1S/C16H22N4OS/c1-3-8-17-16(22)19-18-13(2)14-4-6-15(7-5-14)20-9-11-21-12-10-20/h3-7H,1,8-12H2,2H3,(H2,17,19,22)/b18-13+. The first-order valence-corrected chi connectivity index (χ1v) is 7.73. The Balaban J connectivity index is 1.93. The second-order valence-electron chi connectivity index (χ2n) is 4.95. The summed E-state index contributed by atoms with van der Waals surface area (Å²) in [7, 11) is 0. The van der Waals surface area contributed by atoms with E-state index in [1.54, 1.807) is 6.08 Å². The van der Waals surface area contributed by atoms with E-state index in [1.165, 1.54) is 5.69 Å². The minimum atomic E-state index is 0.490. The number of morpholine rings is 1. The van der Waals surface area contributed by atoms with E-state index in [0.29, 0.717) is 11.7 Å². The predicted molar refractivity (Wildman–Crippen MR) is 95.6 cm³/mol. The third-order valence-corrected chi connectivity index (χ3v) is 3.63. The lowest BCUT2D eigenvalue weighted by Gasteiger charge is -2.28. The molecule has 118 valence electrons. The van der Waals surface area contributed by atoms with Gasteiger partial charge in [0.25, 0.3) is 0 Å². The van der Waals surface area contributed by atoms with Crippen molar-refractivity contribution in [2.75, 3.05) is 37.7 Å². The fourth-order valence-corrected chi connectivity index (χ4v) is 2.27. The maximum absolute atomic E-state index is 5.37. The summed E-state index contributed by atoms with van der Waals surface area (Å²) in [6.07, 6.45) is 1.74. The highest BCUT2D eigenvalue weighted by Gasteiger charge is 2.11. The second-order valence-corrected chi connectivity index (χ2v) is 5.36. The van der Waals surface area contributed by atoms with Gasteiger partial charge in [-0.3, -0.25) is 5.43 Å². The minimum absolute atomic E-state index is 0.490. The quantitative estimate of drug-likeness (QED) is 0.376. The average molecular weight is 318 g/mol. The zero-order valence-electron chi connectivity index (χ0n) is 12.8. The summed E-state index contributed by atoms with van der Waals surface area (Å²) in [5, 5.41) is 7.74. The molecule has 0 spiro atoms. The van der Waals surface area contributed by atoms with E-state index in [1.807, 2.05) is 6.92 Å². The molecule has 1 aromatic rings. The van der Waals surface area contributed by atoms with Gasteiger partial charge in [0.1, 0.15) is 0 Å². The van der Waals surface area contributed by atoms with Gasteiger partial charge in [0.2, 0.25) is 0 Å². The molecular weight excluding hydrogens is 296 g/mol. The molecule has 2 rings (SSSR count). The van der Waals surface area contributed by atoms with Crippen molar-refractivity contribution in [1.82, 2.24) is 10.7 Å². The van der Waals surface area contributed by atoms with Crippen LogP contribution in [0.5, 0.6) is 0 Å². The molecule has 1 aliphatic rings. The average Bonchev–Trinajstić information content (AvgIpc) is 2.58. The van der Waals surface area contributed by atoms with Crippen molar-refractivity contribution in [1.29, 1.82) is 0 Å². The Morgan fingerprint density at radius 3 is 2.68 bits per heavy atom. The summed E-state index contributed by atoms with van der Waals surface area (Å²) < 4.78 is 5.37. The lowest BCUT2D eigenvalue weighted by molar-refractivity contribution is 0.122. The van der Waals surface area contributed by atoms with Gasteiger partial charge in [-0.25, -0.2) is 0 Å². The van der Waals surface area contributed by atoms with E-state index >= 15 is 0 Å². The van der Waals surface area contributed by atoms with Crippen LogP contribution >= 0.6 is 12.2 Å². The summed E-state index contributed by atoms with van der Waals surface area (Å²) in [4.78, 5) is 2.33. The van der Waals surface area contributed by atoms with Crippen molar-refractivity contribution in [2.45, 2.75) is 6.92 Å². The Bertz CT molecular complexity index is 536. The fourth-order valence-electron chi connectivity index (χ4n) is 2.14. The summed E-state index contributed by atoms with van der Waals surface area (Å²) in [5.74, 6) is 0. The number of hydrogen-bond acceptors (Lipinski definition) is 4. The zero-order valence-corrected chi connectivity index (χ0v) is 13.7. The predicted octanol–water partition coefficient (Wildman–Crippen LogP) is 1.90. The maximum Gasteiger partial charge on any atom is 0.187 e. The summed E-state index contributed by atoms with van der Waals surface area (Å²) in [6.45, 7) is 9.66. The van der Waals surface area contributed by atoms with E-state index < -0.39 is 0 Å². The van der Waals surface area contributed by atoms with Gasteiger partial charge in [-0.2, -0.15) is 5.10 Å². The van der Waals surface area contributed by atoms with Crippen molar-refractivity contribution in [3.05, 3.63) is 42.5 Å². The van der Waals surface area contributed by atoms with Crippen LogP contribution in [0.1, 0.15) is 12.5 Å². The number of hydrogen-bond donors (Lipinski definition) is 2. The second kappa shape index (κ2) is 8.51. The molecule has 0 aromatic heterocycles. The topological polar surface area (TPSA) is 48.9 Å². The highest BCUT2D eigenvalue weighted by atomic mass is 32.1. The van der Waals surface area contributed by atoms with E-state index in [9.17, 15) is 0 Å². The molecule has 1 aliphatic heterocycles. The van der Waals surface area contributed by atoms with E-state index in [0.717, 1.165) is 37.6 Å². The fraction of sp³-hybridized carbons (Fsp3) is 0.375. The van der Waals surface area contributed by atoms with Crippen LogP contribution in [0.3, 0.4) is 0 Å². The first kappa shape index (κ1) is 16.5. The lowest BCUT2D eigenvalue weighted by atomic mass is 10.1. The Labute approximate surface area is 137 Å². The van der Waals surface area contributed by atoms with Crippen LogP contribution in [0, 0.1) is 0 Å². The molecule has 0 aliphatic carbocycles. The molecule has 0 radical (unpaired) electrons. The van der Waals surface area contributed by atoms with Crippen LogP contribution in [0.4, 0.5) is 5.69 Å². The van der Waals surface area contributed by atoms with Gasteiger partial charge in [-0.05, 0) is 36.8 Å². The summed E-state index contributed by atoms with van der Waals surface area (Å²) in [5.41, 5.74) is 6.00. The van der Waals surface area contributed by atoms with Gasteiger partial charge in [0.05, 0.1) is 18.9 Å². The van der Waals surface area contributed by atoms with Crippen LogP contribution in [-0.4, -0.2) is 43.7 Å². The van der Waals surface area contributed by atoms with Gasteiger partial charge in [-0.1, -0.05) is 18.2 Å². The molecule has 0 saturated carbocycles. The molecule has 6 heteroatoms. The number of nitrogens with zero attached hydrogens (tertiary/aromatic N) is 2. The summed E-state index contributed by atoms with van der Waals surface area (Å²) >= 11 is 5.10. The Morgan fingerprint density at radius 1 is 1.36 bits per heavy atom. The maximum atomic E-state index is 5.37. The SMILES string of the molecule is C=CCNC(=S)N/N=C(\C)c1ccc(N2CCOCC2)cc1. The number of hydrazone groups is 1. The monoisotopic (exact) mass is 318 g/mol. The van der Waals surface area contributed by atoms with Gasteiger partial charge in [-0.15, -0.1) is 6.58 Å². The van der Waals surface area contributed by atoms with Crippen LogP contribution in [0.25, 0.3) is 0 Å². The number of anilines is 1. The third-order valence-electron chi connectivity index (χ3n) is 3.39.